The van der Waals surface area contributed by atoms with Gasteiger partial charge in [0.2, 0.25) is 0 Å². The van der Waals surface area contributed by atoms with E-state index in [2.05, 4.69) is 0 Å². The van der Waals surface area contributed by atoms with Gasteiger partial charge in [0.05, 0.1) is 7.11 Å². The molecule has 0 spiro atoms. The number of rotatable bonds is 5. The van der Waals surface area contributed by atoms with Gasteiger partial charge in [0.1, 0.15) is 11.6 Å². The summed E-state index contributed by atoms with van der Waals surface area (Å²) in [6, 6.07) is 8.48. The molecule has 8 heteroatoms. The normalized spacial score (nSPS) is 15.1. The summed E-state index contributed by atoms with van der Waals surface area (Å²) in [4.78, 5) is 0. The first kappa shape index (κ1) is 19.8. The summed E-state index contributed by atoms with van der Waals surface area (Å²) in [5, 5.41) is 10.4. The van der Waals surface area contributed by atoms with Crippen LogP contribution in [0.2, 0.25) is 0 Å². The summed E-state index contributed by atoms with van der Waals surface area (Å²) < 4.78 is 84.7. The Labute approximate surface area is 145 Å². The predicted octanol–water partition coefficient (Wildman–Crippen LogP) is 4.93. The fraction of sp³-hybridized carbons (Fsp3) is 0.222. The van der Waals surface area contributed by atoms with Crippen molar-refractivity contribution in [2.24, 2.45) is 0 Å². The molecule has 2 aromatic carbocycles. The molecule has 0 saturated heterocycles. The average molecular weight is 376 g/mol. The lowest BCUT2D eigenvalue weighted by Crippen LogP contribution is -2.53. The van der Waals surface area contributed by atoms with Crippen molar-refractivity contribution in [3.05, 3.63) is 71.6 Å². The van der Waals surface area contributed by atoms with Crippen LogP contribution in [0.1, 0.15) is 11.1 Å². The monoisotopic (exact) mass is 376 g/mol. The first-order chi connectivity index (χ1) is 12.0. The van der Waals surface area contributed by atoms with Gasteiger partial charge in [0.15, 0.2) is 5.60 Å². The van der Waals surface area contributed by atoms with Gasteiger partial charge < -0.3 is 9.84 Å². The predicted molar refractivity (Wildman–Crippen MR) is 83.3 cm³/mol. The van der Waals surface area contributed by atoms with E-state index in [-0.39, 0.29) is 11.3 Å². The fourth-order valence-electron chi connectivity index (χ4n) is 2.23. The Balaban J connectivity index is 2.55. The molecule has 0 aliphatic carbocycles. The van der Waals surface area contributed by atoms with Crippen molar-refractivity contribution in [1.82, 2.24) is 0 Å². The number of benzene rings is 2. The van der Waals surface area contributed by atoms with Crippen LogP contribution in [0.15, 0.2) is 54.6 Å². The van der Waals surface area contributed by atoms with E-state index in [1.807, 2.05) is 0 Å². The lowest BCUT2D eigenvalue weighted by molar-refractivity contribution is -0.334. The van der Waals surface area contributed by atoms with E-state index in [4.69, 9.17) is 4.74 Å². The van der Waals surface area contributed by atoms with Crippen molar-refractivity contribution in [1.29, 1.82) is 0 Å². The minimum absolute atomic E-state index is 0.135. The van der Waals surface area contributed by atoms with Gasteiger partial charge in [-0.05, 0) is 41.5 Å². The highest BCUT2D eigenvalue weighted by Crippen LogP contribution is 2.49. The Bertz CT molecular complexity index is 766. The molecule has 0 fully saturated rings. The lowest BCUT2D eigenvalue weighted by atomic mass is 9.85. The molecule has 0 aliphatic rings. The summed E-state index contributed by atoms with van der Waals surface area (Å²) in [5.74, 6) is -5.87. The van der Waals surface area contributed by atoms with E-state index < -0.39 is 29.1 Å². The molecule has 140 valence electrons. The first-order valence-corrected chi connectivity index (χ1v) is 7.27. The summed E-state index contributed by atoms with van der Waals surface area (Å²) in [6.07, 6.45) is -4.80. The molecule has 0 saturated carbocycles. The summed E-state index contributed by atoms with van der Waals surface area (Å²) >= 11 is 0. The first-order valence-electron chi connectivity index (χ1n) is 7.27. The molecule has 2 nitrogen and oxygen atoms in total. The minimum Gasteiger partial charge on any atom is -0.497 e. The Hall–Kier alpha value is -2.48. The molecule has 2 rings (SSSR count). The van der Waals surface area contributed by atoms with Gasteiger partial charge in [-0.3, -0.25) is 0 Å². The zero-order chi connectivity index (χ0) is 19.6. The van der Waals surface area contributed by atoms with Crippen molar-refractivity contribution < 1.29 is 36.2 Å². The van der Waals surface area contributed by atoms with E-state index in [1.165, 1.54) is 19.2 Å². The quantitative estimate of drug-likeness (QED) is 0.750. The van der Waals surface area contributed by atoms with Gasteiger partial charge >= 0.3 is 12.1 Å². The highest BCUT2D eigenvalue weighted by atomic mass is 19.4. The fourth-order valence-corrected chi connectivity index (χ4v) is 2.23. The second-order valence-electron chi connectivity index (χ2n) is 5.45. The Morgan fingerprint density at radius 2 is 1.42 bits per heavy atom. The molecule has 26 heavy (non-hydrogen) atoms. The van der Waals surface area contributed by atoms with E-state index in [1.54, 1.807) is 0 Å². The number of hydrogen-bond donors (Lipinski definition) is 1. The third-order valence-electron chi connectivity index (χ3n) is 3.75. The molecule has 0 amide bonds. The minimum atomic E-state index is -6.01. The number of ether oxygens (including phenoxy) is 1. The van der Waals surface area contributed by atoms with Crippen LogP contribution in [0.4, 0.5) is 26.3 Å². The van der Waals surface area contributed by atoms with E-state index in [9.17, 15) is 31.4 Å². The summed E-state index contributed by atoms with van der Waals surface area (Å²) in [7, 11) is 1.29. The van der Waals surface area contributed by atoms with Crippen molar-refractivity contribution in [3.63, 3.8) is 0 Å². The number of alkyl halides is 5. The van der Waals surface area contributed by atoms with E-state index in [0.717, 1.165) is 42.5 Å². The third kappa shape index (κ3) is 3.70. The second kappa shape index (κ2) is 7.03. The zero-order valence-electron chi connectivity index (χ0n) is 13.4. The maximum absolute atomic E-state index is 14.1. The molecular formula is C18H14F6O2. The molecular weight excluding hydrogens is 362 g/mol. The van der Waals surface area contributed by atoms with Crippen molar-refractivity contribution in [2.75, 3.05) is 7.11 Å². The smallest absolute Gasteiger partial charge is 0.457 e. The number of halogens is 6. The van der Waals surface area contributed by atoms with Gasteiger partial charge in [-0.2, -0.15) is 22.0 Å². The summed E-state index contributed by atoms with van der Waals surface area (Å²) in [5.41, 5.74) is -4.22. The van der Waals surface area contributed by atoms with Crippen LogP contribution in [0.25, 0.3) is 6.08 Å². The van der Waals surface area contributed by atoms with Crippen molar-refractivity contribution in [2.45, 2.75) is 17.7 Å². The Kier molecular flexibility index (Phi) is 5.36. The highest BCUT2D eigenvalue weighted by molar-refractivity contribution is 5.52. The Morgan fingerprint density at radius 3 is 1.88 bits per heavy atom. The van der Waals surface area contributed by atoms with Crippen LogP contribution in [-0.2, 0) is 5.60 Å². The number of aliphatic hydroxyl groups is 1. The molecule has 0 heterocycles. The highest BCUT2D eigenvalue weighted by Gasteiger charge is 2.69. The van der Waals surface area contributed by atoms with Crippen molar-refractivity contribution in [3.8, 4) is 5.75 Å². The van der Waals surface area contributed by atoms with Crippen LogP contribution in [-0.4, -0.2) is 24.3 Å². The average Bonchev–Trinajstić information content (AvgIpc) is 2.60. The molecule has 1 atom stereocenters. The lowest BCUT2D eigenvalue weighted by Gasteiger charge is -2.35. The molecule has 0 radical (unpaired) electrons. The van der Waals surface area contributed by atoms with Crippen LogP contribution in [0.3, 0.4) is 0 Å². The summed E-state index contributed by atoms with van der Waals surface area (Å²) in [6.45, 7) is 0. The zero-order valence-corrected chi connectivity index (χ0v) is 13.4. The van der Waals surface area contributed by atoms with E-state index in [0.29, 0.717) is 6.08 Å². The van der Waals surface area contributed by atoms with Gasteiger partial charge in [-0.25, -0.2) is 4.39 Å². The van der Waals surface area contributed by atoms with Gasteiger partial charge in [0, 0.05) is 0 Å². The van der Waals surface area contributed by atoms with Gasteiger partial charge in [-0.1, -0.05) is 30.3 Å². The van der Waals surface area contributed by atoms with Crippen LogP contribution >= 0.6 is 0 Å². The standard InChI is InChI=1S/C18H14F6O2/c1-26-15-8-4-13(5-9-15)16(25,17(20,21)18(22,23)24)11-10-12-2-6-14(19)7-3-12/h2-11,25H,1H3/b11-10+. The maximum Gasteiger partial charge on any atom is 0.457 e. The topological polar surface area (TPSA) is 29.5 Å². The van der Waals surface area contributed by atoms with Gasteiger partial charge in [0.25, 0.3) is 0 Å². The molecule has 2 aromatic rings. The molecule has 0 aliphatic heterocycles. The number of methoxy groups -OCH3 is 1. The molecule has 0 aromatic heterocycles. The van der Waals surface area contributed by atoms with Crippen LogP contribution in [0.5, 0.6) is 5.75 Å². The van der Waals surface area contributed by atoms with Crippen molar-refractivity contribution >= 4 is 6.08 Å². The maximum atomic E-state index is 14.1. The van der Waals surface area contributed by atoms with Crippen LogP contribution in [0, 0.1) is 5.82 Å². The molecule has 1 N–H and O–H groups in total. The van der Waals surface area contributed by atoms with Gasteiger partial charge in [-0.15, -0.1) is 0 Å². The Morgan fingerprint density at radius 1 is 0.885 bits per heavy atom. The van der Waals surface area contributed by atoms with E-state index >= 15 is 0 Å². The third-order valence-corrected chi connectivity index (χ3v) is 3.75. The molecule has 0 bridgehead atoms. The molecule has 1 unspecified atom stereocenters. The largest absolute Gasteiger partial charge is 0.497 e. The van der Waals surface area contributed by atoms with Crippen LogP contribution < -0.4 is 4.74 Å². The number of hydrogen-bond acceptors (Lipinski definition) is 2. The second-order valence-corrected chi connectivity index (χ2v) is 5.45. The SMILES string of the molecule is COc1ccc(C(O)(/C=C/c2ccc(F)cc2)C(F)(F)C(F)(F)F)cc1.